The fourth-order valence-electron chi connectivity index (χ4n) is 3.02. The van der Waals surface area contributed by atoms with Gasteiger partial charge >= 0.3 is 0 Å². The molecule has 0 saturated heterocycles. The standard InChI is InChI=1S/C15H29N3/c1-4-18(5-2)10-9-17-15(12-16)14-8-6-7-13(3)11-14/h13-15,17H,4-11H2,1-3H3. The van der Waals surface area contributed by atoms with Crippen LogP contribution < -0.4 is 5.32 Å². The second-order valence-corrected chi connectivity index (χ2v) is 5.62. The molecule has 0 spiro atoms. The topological polar surface area (TPSA) is 39.1 Å². The number of likely N-dealkylation sites (N-methyl/N-ethyl adjacent to an activating group) is 1. The van der Waals surface area contributed by atoms with Crippen molar-refractivity contribution < 1.29 is 0 Å². The van der Waals surface area contributed by atoms with Crippen LogP contribution in [0.5, 0.6) is 0 Å². The molecule has 0 radical (unpaired) electrons. The first-order valence-electron chi connectivity index (χ1n) is 7.56. The number of hydrogen-bond acceptors (Lipinski definition) is 3. The summed E-state index contributed by atoms with van der Waals surface area (Å²) >= 11 is 0. The van der Waals surface area contributed by atoms with Crippen LogP contribution in [0.4, 0.5) is 0 Å². The highest BCUT2D eigenvalue weighted by Gasteiger charge is 2.26. The first-order valence-corrected chi connectivity index (χ1v) is 7.56. The van der Waals surface area contributed by atoms with Crippen molar-refractivity contribution in [2.24, 2.45) is 11.8 Å². The predicted molar refractivity (Wildman–Crippen MR) is 76.3 cm³/mol. The van der Waals surface area contributed by atoms with Gasteiger partial charge in [-0.2, -0.15) is 5.26 Å². The molecule has 3 unspecified atom stereocenters. The average molecular weight is 251 g/mol. The molecule has 0 heterocycles. The maximum absolute atomic E-state index is 9.32. The minimum atomic E-state index is 0.0586. The number of nitrogens with zero attached hydrogens (tertiary/aromatic N) is 2. The second-order valence-electron chi connectivity index (χ2n) is 5.62. The van der Waals surface area contributed by atoms with Gasteiger partial charge < -0.3 is 10.2 Å². The molecule has 1 aliphatic carbocycles. The molecule has 1 N–H and O–H groups in total. The molecule has 1 rings (SSSR count). The van der Waals surface area contributed by atoms with Crippen LogP contribution >= 0.6 is 0 Å². The van der Waals surface area contributed by atoms with Crippen LogP contribution in [0.1, 0.15) is 46.5 Å². The molecule has 3 atom stereocenters. The van der Waals surface area contributed by atoms with E-state index in [1.807, 2.05) is 0 Å². The molecular weight excluding hydrogens is 222 g/mol. The Bertz CT molecular complexity index is 255. The lowest BCUT2D eigenvalue weighted by atomic mass is 9.79. The molecule has 0 amide bonds. The van der Waals surface area contributed by atoms with Crippen LogP contribution in [0.25, 0.3) is 0 Å². The van der Waals surface area contributed by atoms with Gasteiger partial charge in [-0.25, -0.2) is 0 Å². The van der Waals surface area contributed by atoms with Gasteiger partial charge in [-0.15, -0.1) is 0 Å². The van der Waals surface area contributed by atoms with Gasteiger partial charge in [0.05, 0.1) is 12.1 Å². The Morgan fingerprint density at radius 1 is 1.33 bits per heavy atom. The first-order chi connectivity index (χ1) is 8.71. The molecule has 0 aromatic carbocycles. The molecular formula is C15H29N3. The zero-order valence-electron chi connectivity index (χ0n) is 12.3. The SMILES string of the molecule is CCN(CC)CCNC(C#N)C1CCCC(C)C1. The van der Waals surface area contributed by atoms with Crippen LogP contribution in [-0.2, 0) is 0 Å². The van der Waals surface area contributed by atoms with Crippen molar-refractivity contribution in [3.05, 3.63) is 0 Å². The zero-order chi connectivity index (χ0) is 13.4. The molecule has 1 fully saturated rings. The summed E-state index contributed by atoms with van der Waals surface area (Å²) in [5.74, 6) is 1.36. The summed E-state index contributed by atoms with van der Waals surface area (Å²) in [6.07, 6.45) is 5.08. The number of nitrogens with one attached hydrogen (secondary N) is 1. The van der Waals surface area contributed by atoms with Gasteiger partial charge in [-0.05, 0) is 37.8 Å². The number of hydrogen-bond donors (Lipinski definition) is 1. The van der Waals surface area contributed by atoms with Gasteiger partial charge in [0, 0.05) is 13.1 Å². The third-order valence-corrected chi connectivity index (χ3v) is 4.27. The zero-order valence-corrected chi connectivity index (χ0v) is 12.3. The summed E-state index contributed by atoms with van der Waals surface area (Å²) in [6.45, 7) is 10.9. The molecule has 0 aliphatic heterocycles. The van der Waals surface area contributed by atoms with Crippen molar-refractivity contribution in [1.82, 2.24) is 10.2 Å². The summed E-state index contributed by atoms with van der Waals surface area (Å²) < 4.78 is 0. The monoisotopic (exact) mass is 251 g/mol. The van der Waals surface area contributed by atoms with Gasteiger partial charge in [0.2, 0.25) is 0 Å². The smallest absolute Gasteiger partial charge is 0.0982 e. The van der Waals surface area contributed by atoms with Crippen molar-refractivity contribution in [3.63, 3.8) is 0 Å². The van der Waals surface area contributed by atoms with Crippen molar-refractivity contribution in [3.8, 4) is 6.07 Å². The summed E-state index contributed by atoms with van der Waals surface area (Å²) in [6, 6.07) is 2.53. The molecule has 18 heavy (non-hydrogen) atoms. The van der Waals surface area contributed by atoms with Crippen LogP contribution in [0, 0.1) is 23.2 Å². The van der Waals surface area contributed by atoms with Crippen LogP contribution in [0.15, 0.2) is 0 Å². The van der Waals surface area contributed by atoms with Gasteiger partial charge in [0.25, 0.3) is 0 Å². The highest BCUT2D eigenvalue weighted by atomic mass is 15.1. The Morgan fingerprint density at radius 3 is 2.61 bits per heavy atom. The highest BCUT2D eigenvalue weighted by Crippen LogP contribution is 2.30. The van der Waals surface area contributed by atoms with E-state index in [2.05, 4.69) is 37.1 Å². The molecule has 0 aromatic rings. The minimum Gasteiger partial charge on any atom is -0.303 e. The van der Waals surface area contributed by atoms with Crippen molar-refractivity contribution in [1.29, 1.82) is 5.26 Å². The Kier molecular flexibility index (Phi) is 7.31. The Morgan fingerprint density at radius 2 is 2.06 bits per heavy atom. The second kappa shape index (κ2) is 8.50. The fourth-order valence-corrected chi connectivity index (χ4v) is 3.02. The highest BCUT2D eigenvalue weighted by molar-refractivity contribution is 4.96. The quantitative estimate of drug-likeness (QED) is 0.756. The lowest BCUT2D eigenvalue weighted by molar-refractivity contribution is 0.238. The summed E-state index contributed by atoms with van der Waals surface area (Å²) in [7, 11) is 0. The first kappa shape index (κ1) is 15.5. The molecule has 3 heteroatoms. The fraction of sp³-hybridized carbons (Fsp3) is 0.933. The third kappa shape index (κ3) is 4.96. The third-order valence-electron chi connectivity index (χ3n) is 4.27. The van der Waals surface area contributed by atoms with E-state index in [1.54, 1.807) is 0 Å². The largest absolute Gasteiger partial charge is 0.303 e. The normalized spacial score (nSPS) is 25.9. The van der Waals surface area contributed by atoms with E-state index in [4.69, 9.17) is 0 Å². The van der Waals surface area contributed by atoms with Gasteiger partial charge in [0.15, 0.2) is 0 Å². The van der Waals surface area contributed by atoms with Gasteiger partial charge in [0.1, 0.15) is 0 Å². The van der Waals surface area contributed by atoms with Crippen molar-refractivity contribution >= 4 is 0 Å². The average Bonchev–Trinajstić information content (AvgIpc) is 2.39. The minimum absolute atomic E-state index is 0.0586. The predicted octanol–water partition coefficient (Wildman–Crippen LogP) is 2.64. The molecule has 0 aromatic heterocycles. The van der Waals surface area contributed by atoms with E-state index in [1.165, 1.54) is 25.7 Å². The summed E-state index contributed by atoms with van der Waals surface area (Å²) in [5, 5.41) is 12.8. The maximum atomic E-state index is 9.32. The molecule has 3 nitrogen and oxygen atoms in total. The van der Waals surface area contributed by atoms with E-state index in [9.17, 15) is 5.26 Å². The molecule has 0 bridgehead atoms. The lowest BCUT2D eigenvalue weighted by Gasteiger charge is -2.30. The van der Waals surface area contributed by atoms with Crippen molar-refractivity contribution in [2.75, 3.05) is 26.2 Å². The maximum Gasteiger partial charge on any atom is 0.0982 e. The number of rotatable bonds is 7. The summed E-state index contributed by atoms with van der Waals surface area (Å²) in [4.78, 5) is 2.39. The van der Waals surface area contributed by atoms with E-state index >= 15 is 0 Å². The Hall–Kier alpha value is -0.590. The van der Waals surface area contributed by atoms with E-state index in [0.29, 0.717) is 5.92 Å². The van der Waals surface area contributed by atoms with Crippen LogP contribution in [0.3, 0.4) is 0 Å². The van der Waals surface area contributed by atoms with Crippen LogP contribution in [0.2, 0.25) is 0 Å². The van der Waals surface area contributed by atoms with E-state index in [0.717, 1.165) is 32.1 Å². The van der Waals surface area contributed by atoms with E-state index < -0.39 is 0 Å². The molecule has 1 aliphatic rings. The summed E-state index contributed by atoms with van der Waals surface area (Å²) in [5.41, 5.74) is 0. The number of nitriles is 1. The Labute approximate surface area is 113 Å². The Balaban J connectivity index is 2.31. The molecule has 1 saturated carbocycles. The lowest BCUT2D eigenvalue weighted by Crippen LogP contribution is -2.41. The molecule has 104 valence electrons. The van der Waals surface area contributed by atoms with E-state index in [-0.39, 0.29) is 6.04 Å². The van der Waals surface area contributed by atoms with Crippen LogP contribution in [-0.4, -0.2) is 37.1 Å². The van der Waals surface area contributed by atoms with Crippen molar-refractivity contribution in [2.45, 2.75) is 52.5 Å². The van der Waals surface area contributed by atoms with Gasteiger partial charge in [-0.3, -0.25) is 0 Å². The van der Waals surface area contributed by atoms with Gasteiger partial charge in [-0.1, -0.05) is 33.6 Å².